The van der Waals surface area contributed by atoms with Gasteiger partial charge in [-0.25, -0.2) is 14.4 Å². The summed E-state index contributed by atoms with van der Waals surface area (Å²) in [5.41, 5.74) is 4.33. The highest BCUT2D eigenvalue weighted by Gasteiger charge is 2.36. The monoisotopic (exact) mass is 494 g/mol. The molecule has 35 heavy (non-hydrogen) atoms. The Labute approximate surface area is 199 Å². The second kappa shape index (κ2) is 9.73. The van der Waals surface area contributed by atoms with Crippen LogP contribution in [0.25, 0.3) is 10.9 Å². The first-order chi connectivity index (χ1) is 16.6. The fourth-order valence-corrected chi connectivity index (χ4v) is 4.07. The maximum absolute atomic E-state index is 14.8. The average Bonchev–Trinajstić information content (AvgIpc) is 3.31. The van der Waals surface area contributed by atoms with Crippen molar-refractivity contribution in [2.24, 2.45) is 0 Å². The zero-order valence-corrected chi connectivity index (χ0v) is 19.5. The Hall–Kier alpha value is -3.34. The number of aryl methyl sites for hydroxylation is 1. The van der Waals surface area contributed by atoms with E-state index in [2.05, 4.69) is 15.3 Å². The number of nitrogens with one attached hydrogen (secondary N) is 1. The van der Waals surface area contributed by atoms with Crippen molar-refractivity contribution in [2.45, 2.75) is 45.0 Å². The molecule has 3 aromatic rings. The maximum Gasteiger partial charge on any atom is 0.419 e. The van der Waals surface area contributed by atoms with E-state index >= 15 is 0 Å². The van der Waals surface area contributed by atoms with Gasteiger partial charge in [0.1, 0.15) is 24.1 Å². The van der Waals surface area contributed by atoms with Crippen molar-refractivity contribution in [1.82, 2.24) is 9.97 Å². The number of methoxy groups -OCH3 is 1. The topological polar surface area (TPSA) is 91.5 Å². The minimum absolute atomic E-state index is 0.0170. The van der Waals surface area contributed by atoms with Crippen LogP contribution in [0.2, 0.25) is 0 Å². The van der Waals surface area contributed by atoms with Gasteiger partial charge >= 0.3 is 6.18 Å². The number of anilines is 2. The van der Waals surface area contributed by atoms with Gasteiger partial charge in [-0.3, -0.25) is 0 Å². The molecule has 0 amide bonds. The minimum Gasteiger partial charge on any atom is -0.493 e. The number of halogens is 4. The lowest BCUT2D eigenvalue weighted by Crippen LogP contribution is -2.17. The molecule has 11 heteroatoms. The van der Waals surface area contributed by atoms with E-state index in [0.29, 0.717) is 53.3 Å². The number of ether oxygens (including phenoxy) is 3. The standard InChI is InChI=1S/C24H26F4N4O3/c1-12(16-7-14(29)8-18(22(16)25)24(26,27)28)30-23-17-9-21(35-11-15-5-4-6-34-15)20(33-3)10-19(17)31-13(2)32-23/h7-10,12,15H,4-6,11,29H2,1-3H3,(H,30,31,32)/t12-,15+/m1/s1. The van der Waals surface area contributed by atoms with Crippen molar-refractivity contribution in [3.63, 3.8) is 0 Å². The number of nitrogen functional groups attached to an aromatic ring is 1. The number of hydrogen-bond acceptors (Lipinski definition) is 7. The van der Waals surface area contributed by atoms with Crippen LogP contribution in [0.1, 0.15) is 42.8 Å². The van der Waals surface area contributed by atoms with E-state index in [1.54, 1.807) is 19.1 Å². The normalized spacial score (nSPS) is 16.9. The second-order valence-electron chi connectivity index (χ2n) is 8.42. The van der Waals surface area contributed by atoms with E-state index in [9.17, 15) is 17.6 Å². The predicted molar refractivity (Wildman–Crippen MR) is 123 cm³/mol. The van der Waals surface area contributed by atoms with Gasteiger partial charge < -0.3 is 25.3 Å². The highest BCUT2D eigenvalue weighted by Crippen LogP contribution is 2.38. The molecule has 2 atom stereocenters. The number of rotatable bonds is 7. The van der Waals surface area contributed by atoms with Crippen molar-refractivity contribution in [1.29, 1.82) is 0 Å². The molecular formula is C24H26F4N4O3. The third-order valence-electron chi connectivity index (χ3n) is 5.79. The van der Waals surface area contributed by atoms with Gasteiger partial charge in [-0.1, -0.05) is 0 Å². The van der Waals surface area contributed by atoms with Gasteiger partial charge in [-0.15, -0.1) is 0 Å². The molecule has 188 valence electrons. The fraction of sp³-hybridized carbons (Fsp3) is 0.417. The van der Waals surface area contributed by atoms with Crippen LogP contribution in [0.15, 0.2) is 24.3 Å². The molecule has 4 rings (SSSR count). The van der Waals surface area contributed by atoms with E-state index in [0.717, 1.165) is 12.8 Å². The summed E-state index contributed by atoms with van der Waals surface area (Å²) in [4.78, 5) is 8.83. The van der Waals surface area contributed by atoms with Gasteiger partial charge in [0.2, 0.25) is 0 Å². The third-order valence-corrected chi connectivity index (χ3v) is 5.79. The van der Waals surface area contributed by atoms with E-state index in [1.165, 1.54) is 20.1 Å². The number of nitrogens with zero attached hydrogens (tertiary/aromatic N) is 2. The summed E-state index contributed by atoms with van der Waals surface area (Å²) in [6.07, 6.45) is -3.03. The van der Waals surface area contributed by atoms with Gasteiger partial charge in [0.15, 0.2) is 11.5 Å². The number of hydrogen-bond donors (Lipinski definition) is 2. The predicted octanol–water partition coefficient (Wildman–Crippen LogP) is 5.42. The van der Waals surface area contributed by atoms with Gasteiger partial charge in [-0.2, -0.15) is 13.2 Å². The number of fused-ring (bicyclic) bond motifs is 1. The Balaban J connectivity index is 1.70. The van der Waals surface area contributed by atoms with Crippen LogP contribution in [-0.4, -0.2) is 36.4 Å². The van der Waals surface area contributed by atoms with Crippen LogP contribution < -0.4 is 20.5 Å². The number of nitrogens with two attached hydrogens (primary N) is 1. The number of alkyl halides is 3. The van der Waals surface area contributed by atoms with Crippen molar-refractivity contribution in [3.05, 3.63) is 47.0 Å². The van der Waals surface area contributed by atoms with Crippen LogP contribution in [0.4, 0.5) is 29.1 Å². The van der Waals surface area contributed by atoms with Crippen molar-refractivity contribution < 1.29 is 31.8 Å². The van der Waals surface area contributed by atoms with Crippen molar-refractivity contribution >= 4 is 22.4 Å². The highest BCUT2D eigenvalue weighted by atomic mass is 19.4. The van der Waals surface area contributed by atoms with Crippen LogP contribution in [0.3, 0.4) is 0 Å². The Kier molecular flexibility index (Phi) is 6.88. The Morgan fingerprint density at radius 3 is 2.63 bits per heavy atom. The fourth-order valence-electron chi connectivity index (χ4n) is 4.07. The van der Waals surface area contributed by atoms with Crippen molar-refractivity contribution in [3.8, 4) is 11.5 Å². The number of benzene rings is 2. The minimum atomic E-state index is -4.88. The molecule has 2 aromatic carbocycles. The van der Waals surface area contributed by atoms with E-state index in [-0.39, 0.29) is 17.4 Å². The van der Waals surface area contributed by atoms with E-state index < -0.39 is 23.6 Å². The third kappa shape index (κ3) is 5.34. The lowest BCUT2D eigenvalue weighted by Gasteiger charge is -2.21. The molecule has 1 aliphatic heterocycles. The lowest BCUT2D eigenvalue weighted by atomic mass is 10.0. The largest absolute Gasteiger partial charge is 0.493 e. The molecule has 0 spiro atoms. The van der Waals surface area contributed by atoms with Gasteiger partial charge in [0.25, 0.3) is 0 Å². The van der Waals surface area contributed by atoms with E-state index in [4.69, 9.17) is 19.9 Å². The molecule has 1 saturated heterocycles. The van der Waals surface area contributed by atoms with Crippen LogP contribution >= 0.6 is 0 Å². The van der Waals surface area contributed by atoms with E-state index in [1.807, 2.05) is 0 Å². The smallest absolute Gasteiger partial charge is 0.419 e. The first-order valence-corrected chi connectivity index (χ1v) is 11.1. The first kappa shape index (κ1) is 24.8. The molecule has 0 radical (unpaired) electrons. The van der Waals surface area contributed by atoms with Gasteiger partial charge in [-0.05, 0) is 44.9 Å². The summed E-state index contributed by atoms with van der Waals surface area (Å²) >= 11 is 0. The molecule has 1 aromatic heterocycles. The van der Waals surface area contributed by atoms with Crippen molar-refractivity contribution in [2.75, 3.05) is 31.4 Å². The van der Waals surface area contributed by atoms with Crippen LogP contribution in [-0.2, 0) is 10.9 Å². The number of aromatic nitrogens is 2. The quantitative estimate of drug-likeness (QED) is 0.335. The summed E-state index contributed by atoms with van der Waals surface area (Å²) in [6.45, 7) is 4.23. The maximum atomic E-state index is 14.8. The summed E-state index contributed by atoms with van der Waals surface area (Å²) < 4.78 is 71.7. The molecular weight excluding hydrogens is 468 g/mol. The first-order valence-electron chi connectivity index (χ1n) is 11.1. The average molecular weight is 494 g/mol. The lowest BCUT2D eigenvalue weighted by molar-refractivity contribution is -0.140. The Morgan fingerprint density at radius 2 is 1.97 bits per heavy atom. The molecule has 0 saturated carbocycles. The molecule has 0 unspecified atom stereocenters. The molecule has 0 aliphatic carbocycles. The molecule has 2 heterocycles. The SMILES string of the molecule is COc1cc2nc(C)nc(N[C@H](C)c3cc(N)cc(C(F)(F)F)c3F)c2cc1OC[C@@H]1CCCO1. The summed E-state index contributed by atoms with van der Waals surface area (Å²) in [6, 6.07) is 4.25. The Morgan fingerprint density at radius 1 is 1.20 bits per heavy atom. The summed E-state index contributed by atoms with van der Waals surface area (Å²) in [5.74, 6) is 0.229. The molecule has 3 N–H and O–H groups in total. The molecule has 1 aliphatic rings. The van der Waals surface area contributed by atoms with Gasteiger partial charge in [0, 0.05) is 29.3 Å². The zero-order valence-electron chi connectivity index (χ0n) is 19.5. The van der Waals surface area contributed by atoms with Gasteiger partial charge in [0.05, 0.1) is 30.3 Å². The Bertz CT molecular complexity index is 1230. The molecule has 0 bridgehead atoms. The van der Waals surface area contributed by atoms with Crippen LogP contribution in [0.5, 0.6) is 11.5 Å². The van der Waals surface area contributed by atoms with Crippen LogP contribution in [0, 0.1) is 12.7 Å². The highest BCUT2D eigenvalue weighted by molar-refractivity contribution is 5.92. The second-order valence-corrected chi connectivity index (χ2v) is 8.42. The molecule has 1 fully saturated rings. The zero-order chi connectivity index (χ0) is 25.3. The molecule has 7 nitrogen and oxygen atoms in total. The summed E-state index contributed by atoms with van der Waals surface area (Å²) in [5, 5.41) is 3.55. The summed E-state index contributed by atoms with van der Waals surface area (Å²) in [7, 11) is 1.51.